The summed E-state index contributed by atoms with van der Waals surface area (Å²) >= 11 is 6.09. The van der Waals surface area contributed by atoms with Crippen LogP contribution in [-0.4, -0.2) is 35.9 Å². The number of rotatable bonds is 12. The lowest BCUT2D eigenvalue weighted by atomic mass is 10.0. The molecule has 0 aliphatic rings. The number of hydrogen-bond donors (Lipinski definition) is 1. The second-order valence-corrected chi connectivity index (χ2v) is 9.07. The summed E-state index contributed by atoms with van der Waals surface area (Å²) in [5, 5.41) is 3.54. The fourth-order valence-corrected chi connectivity index (χ4v) is 3.92. The smallest absolute Gasteiger partial charge is 0.261 e. The largest absolute Gasteiger partial charge is 0.484 e. The predicted molar refractivity (Wildman–Crippen MR) is 140 cm³/mol. The Balaban J connectivity index is 1.89. The molecule has 3 rings (SSSR count). The van der Waals surface area contributed by atoms with Gasteiger partial charge in [0.1, 0.15) is 17.6 Å². The maximum absolute atomic E-state index is 14.6. The number of nitrogens with one attached hydrogen (secondary N) is 1. The van der Waals surface area contributed by atoms with Crippen molar-refractivity contribution in [1.29, 1.82) is 0 Å². The zero-order valence-corrected chi connectivity index (χ0v) is 21.4. The molecule has 3 aromatic rings. The van der Waals surface area contributed by atoms with Crippen LogP contribution in [0.3, 0.4) is 0 Å². The van der Waals surface area contributed by atoms with E-state index in [1.807, 2.05) is 44.2 Å². The van der Waals surface area contributed by atoms with Crippen molar-refractivity contribution in [3.05, 3.63) is 100 Å². The van der Waals surface area contributed by atoms with Crippen molar-refractivity contribution in [3.8, 4) is 5.75 Å². The number of benzene rings is 3. The molecule has 1 N–H and O–H groups in total. The number of nitrogens with zero attached hydrogens (tertiary/aromatic N) is 1. The Labute approximate surface area is 217 Å². The minimum Gasteiger partial charge on any atom is -0.484 e. The van der Waals surface area contributed by atoms with E-state index in [9.17, 15) is 14.0 Å². The molecule has 0 fully saturated rings. The Morgan fingerprint density at radius 3 is 2.47 bits per heavy atom. The molecule has 0 saturated carbocycles. The third kappa shape index (κ3) is 7.82. The Hall–Kier alpha value is -3.38. The SMILES string of the molecule is CCCCNC(=O)C(Cc1ccccc1)N(Cc1ccccc1F)C(=O)COc1ccc(Cl)c(C)c1. The predicted octanol–water partition coefficient (Wildman–Crippen LogP) is 5.72. The second-order valence-electron chi connectivity index (χ2n) is 8.66. The Morgan fingerprint density at radius 2 is 1.78 bits per heavy atom. The first-order valence-electron chi connectivity index (χ1n) is 12.1. The summed E-state index contributed by atoms with van der Waals surface area (Å²) < 4.78 is 20.4. The van der Waals surface area contributed by atoms with Gasteiger partial charge >= 0.3 is 0 Å². The van der Waals surface area contributed by atoms with E-state index in [0.29, 0.717) is 29.3 Å². The maximum atomic E-state index is 14.6. The van der Waals surface area contributed by atoms with E-state index in [2.05, 4.69) is 5.32 Å². The van der Waals surface area contributed by atoms with E-state index in [1.54, 1.807) is 36.4 Å². The minimum atomic E-state index is -0.841. The Bertz CT molecular complexity index is 1160. The third-order valence-electron chi connectivity index (χ3n) is 5.89. The third-order valence-corrected chi connectivity index (χ3v) is 6.31. The fraction of sp³-hybridized carbons (Fsp3) is 0.310. The van der Waals surface area contributed by atoms with Crippen molar-refractivity contribution in [3.63, 3.8) is 0 Å². The molecule has 1 atom stereocenters. The first kappa shape index (κ1) is 27.2. The Kier molecular flexibility index (Phi) is 10.3. The highest BCUT2D eigenvalue weighted by Crippen LogP contribution is 2.22. The summed E-state index contributed by atoms with van der Waals surface area (Å²) in [5.41, 5.74) is 2.04. The molecule has 0 heterocycles. The van der Waals surface area contributed by atoms with E-state index in [0.717, 1.165) is 24.0 Å². The van der Waals surface area contributed by atoms with Crippen LogP contribution in [0.2, 0.25) is 5.02 Å². The summed E-state index contributed by atoms with van der Waals surface area (Å²) in [6, 6.07) is 20.0. The number of halogens is 2. The molecule has 0 radical (unpaired) electrons. The monoisotopic (exact) mass is 510 g/mol. The number of amides is 2. The molecule has 36 heavy (non-hydrogen) atoms. The van der Waals surface area contributed by atoms with Gasteiger partial charge in [-0.25, -0.2) is 4.39 Å². The van der Waals surface area contributed by atoms with E-state index in [-0.39, 0.29) is 19.1 Å². The molecule has 0 aliphatic heterocycles. The van der Waals surface area contributed by atoms with Gasteiger partial charge in [0.2, 0.25) is 5.91 Å². The van der Waals surface area contributed by atoms with Gasteiger partial charge in [-0.1, -0.05) is 73.5 Å². The summed E-state index contributed by atoms with van der Waals surface area (Å²) in [4.78, 5) is 28.3. The normalized spacial score (nSPS) is 11.6. The van der Waals surface area contributed by atoms with Gasteiger partial charge in [0, 0.05) is 30.1 Å². The number of ether oxygens (including phenoxy) is 1. The molecule has 0 bridgehead atoms. The standard InChI is InChI=1S/C29H32ClFN2O3/c1-3-4-16-32-29(35)27(18-22-10-6-5-7-11-22)33(19-23-12-8-9-13-26(23)31)28(34)20-36-24-14-15-25(30)21(2)17-24/h5-15,17,27H,3-4,16,18-20H2,1-2H3,(H,32,35). The first-order chi connectivity index (χ1) is 17.4. The number of carbonyl (C=O) groups excluding carboxylic acids is 2. The molecule has 0 saturated heterocycles. The van der Waals surface area contributed by atoms with Crippen molar-refractivity contribution < 1.29 is 18.7 Å². The summed E-state index contributed by atoms with van der Waals surface area (Å²) in [7, 11) is 0. The van der Waals surface area contributed by atoms with Gasteiger partial charge in [0.15, 0.2) is 6.61 Å². The van der Waals surface area contributed by atoms with E-state index < -0.39 is 17.8 Å². The molecule has 7 heteroatoms. The number of unbranched alkanes of at least 4 members (excludes halogenated alkanes) is 1. The lowest BCUT2D eigenvalue weighted by Crippen LogP contribution is -2.52. The highest BCUT2D eigenvalue weighted by atomic mass is 35.5. The van der Waals surface area contributed by atoms with Crippen molar-refractivity contribution in [1.82, 2.24) is 10.2 Å². The Morgan fingerprint density at radius 1 is 1.06 bits per heavy atom. The van der Waals surface area contributed by atoms with E-state index in [1.165, 1.54) is 11.0 Å². The molecular weight excluding hydrogens is 479 g/mol. The van der Waals surface area contributed by atoms with Crippen molar-refractivity contribution in [2.45, 2.75) is 45.7 Å². The van der Waals surface area contributed by atoms with Crippen molar-refractivity contribution >= 4 is 23.4 Å². The van der Waals surface area contributed by atoms with Gasteiger partial charge in [0.05, 0.1) is 0 Å². The molecule has 3 aromatic carbocycles. The van der Waals surface area contributed by atoms with Crippen LogP contribution in [0.15, 0.2) is 72.8 Å². The zero-order chi connectivity index (χ0) is 25.9. The molecule has 190 valence electrons. The molecule has 1 unspecified atom stereocenters. The molecule has 0 aromatic heterocycles. The van der Waals surface area contributed by atoms with Crippen LogP contribution >= 0.6 is 11.6 Å². The van der Waals surface area contributed by atoms with Crippen molar-refractivity contribution in [2.75, 3.05) is 13.2 Å². The van der Waals surface area contributed by atoms with Gasteiger partial charge < -0.3 is 15.0 Å². The fourth-order valence-electron chi connectivity index (χ4n) is 3.81. The summed E-state index contributed by atoms with van der Waals surface area (Å²) in [6.07, 6.45) is 2.04. The van der Waals surface area contributed by atoms with Crippen LogP contribution in [0.4, 0.5) is 4.39 Å². The number of carbonyl (C=O) groups is 2. The summed E-state index contributed by atoms with van der Waals surface area (Å²) in [5.74, 6) is -0.644. The highest BCUT2D eigenvalue weighted by Gasteiger charge is 2.31. The molecule has 2 amide bonds. The lowest BCUT2D eigenvalue weighted by Gasteiger charge is -2.31. The van der Waals surface area contributed by atoms with Gasteiger partial charge in [-0.05, 0) is 48.7 Å². The summed E-state index contributed by atoms with van der Waals surface area (Å²) in [6.45, 7) is 4.02. The van der Waals surface area contributed by atoms with Crippen LogP contribution < -0.4 is 10.1 Å². The number of hydrogen-bond acceptors (Lipinski definition) is 3. The van der Waals surface area contributed by atoms with E-state index >= 15 is 0 Å². The molecule has 5 nitrogen and oxygen atoms in total. The number of aryl methyl sites for hydroxylation is 1. The minimum absolute atomic E-state index is 0.0623. The maximum Gasteiger partial charge on any atom is 0.261 e. The molecule has 0 aliphatic carbocycles. The van der Waals surface area contributed by atoms with Gasteiger partial charge in [-0.2, -0.15) is 0 Å². The quantitative estimate of drug-likeness (QED) is 0.317. The molecule has 0 spiro atoms. The van der Waals surface area contributed by atoms with Gasteiger partial charge in [-0.3, -0.25) is 9.59 Å². The van der Waals surface area contributed by atoms with Crippen LogP contribution in [0.25, 0.3) is 0 Å². The average Bonchev–Trinajstić information content (AvgIpc) is 2.88. The zero-order valence-electron chi connectivity index (χ0n) is 20.7. The van der Waals surface area contributed by atoms with Crippen LogP contribution in [0.5, 0.6) is 5.75 Å². The van der Waals surface area contributed by atoms with Crippen LogP contribution in [0.1, 0.15) is 36.5 Å². The highest BCUT2D eigenvalue weighted by molar-refractivity contribution is 6.31. The lowest BCUT2D eigenvalue weighted by molar-refractivity contribution is -0.142. The van der Waals surface area contributed by atoms with Crippen LogP contribution in [0, 0.1) is 12.7 Å². The van der Waals surface area contributed by atoms with Crippen LogP contribution in [-0.2, 0) is 22.6 Å². The first-order valence-corrected chi connectivity index (χ1v) is 12.5. The average molecular weight is 511 g/mol. The molecular formula is C29H32ClFN2O3. The van der Waals surface area contributed by atoms with Gasteiger partial charge in [-0.15, -0.1) is 0 Å². The van der Waals surface area contributed by atoms with Gasteiger partial charge in [0.25, 0.3) is 5.91 Å². The van der Waals surface area contributed by atoms with E-state index in [4.69, 9.17) is 16.3 Å². The second kappa shape index (κ2) is 13.6. The topological polar surface area (TPSA) is 58.6 Å². The van der Waals surface area contributed by atoms with Crippen molar-refractivity contribution in [2.24, 2.45) is 0 Å².